The standard InChI is InChI=1S/C21H29N3OS/c1-25-21-9-4-3-8-20(21)24-14-12-23(13-15-24)19(10-16-26-2)17-18-7-5-6-11-22-18/h3-9,11,19H,10,12-17H2,1-2H3. The van der Waals surface area contributed by atoms with Crippen molar-refractivity contribution in [1.82, 2.24) is 9.88 Å². The van der Waals surface area contributed by atoms with Crippen LogP contribution < -0.4 is 9.64 Å². The number of rotatable bonds is 8. The van der Waals surface area contributed by atoms with E-state index in [1.807, 2.05) is 36.2 Å². The van der Waals surface area contributed by atoms with Gasteiger partial charge < -0.3 is 9.64 Å². The molecule has 1 aliphatic heterocycles. The summed E-state index contributed by atoms with van der Waals surface area (Å²) in [6.07, 6.45) is 6.35. The van der Waals surface area contributed by atoms with E-state index in [0.29, 0.717) is 6.04 Å². The average molecular weight is 372 g/mol. The van der Waals surface area contributed by atoms with Crippen LogP contribution in [0.25, 0.3) is 0 Å². The molecule has 0 radical (unpaired) electrons. The lowest BCUT2D eigenvalue weighted by Gasteiger charge is -2.40. The number of ether oxygens (including phenoxy) is 1. The molecule has 2 aromatic rings. The number of methoxy groups -OCH3 is 1. The predicted octanol–water partition coefficient (Wildman–Crippen LogP) is 3.58. The summed E-state index contributed by atoms with van der Waals surface area (Å²) in [6.45, 7) is 4.25. The molecule has 26 heavy (non-hydrogen) atoms. The number of benzene rings is 1. The first-order chi connectivity index (χ1) is 12.8. The summed E-state index contributed by atoms with van der Waals surface area (Å²) in [5.74, 6) is 2.16. The van der Waals surface area contributed by atoms with E-state index >= 15 is 0 Å². The van der Waals surface area contributed by atoms with Crippen molar-refractivity contribution in [1.29, 1.82) is 0 Å². The van der Waals surface area contributed by atoms with Gasteiger partial charge in [0.15, 0.2) is 0 Å². The van der Waals surface area contributed by atoms with E-state index in [1.54, 1.807) is 7.11 Å². The van der Waals surface area contributed by atoms with Crippen molar-refractivity contribution in [2.24, 2.45) is 0 Å². The van der Waals surface area contributed by atoms with Crippen molar-refractivity contribution in [2.45, 2.75) is 18.9 Å². The van der Waals surface area contributed by atoms with Gasteiger partial charge in [0.1, 0.15) is 5.75 Å². The lowest BCUT2D eigenvalue weighted by Crippen LogP contribution is -2.51. The molecule has 1 aromatic carbocycles. The summed E-state index contributed by atoms with van der Waals surface area (Å²) >= 11 is 1.93. The molecule has 0 spiro atoms. The third-order valence-corrected chi connectivity index (χ3v) is 5.73. The average Bonchev–Trinajstić information content (AvgIpc) is 2.72. The Morgan fingerprint density at radius 2 is 1.85 bits per heavy atom. The molecular weight excluding hydrogens is 342 g/mol. The number of hydrogen-bond acceptors (Lipinski definition) is 5. The van der Waals surface area contributed by atoms with Crippen LogP contribution in [0, 0.1) is 0 Å². The van der Waals surface area contributed by atoms with E-state index < -0.39 is 0 Å². The minimum absolute atomic E-state index is 0.567. The Bertz CT molecular complexity index is 659. The maximum absolute atomic E-state index is 5.54. The van der Waals surface area contributed by atoms with Gasteiger partial charge in [-0.3, -0.25) is 9.88 Å². The first kappa shape index (κ1) is 19.1. The fourth-order valence-electron chi connectivity index (χ4n) is 3.65. The summed E-state index contributed by atoms with van der Waals surface area (Å²) in [5, 5.41) is 0. The molecule has 1 unspecified atom stereocenters. The van der Waals surface area contributed by atoms with E-state index in [-0.39, 0.29) is 0 Å². The minimum atomic E-state index is 0.567. The number of pyridine rings is 1. The second-order valence-corrected chi connectivity index (χ2v) is 7.64. The SMILES string of the molecule is COc1ccccc1N1CCN(C(CCSC)Cc2ccccn2)CC1. The zero-order valence-electron chi connectivity index (χ0n) is 15.8. The van der Waals surface area contributed by atoms with E-state index in [1.165, 1.54) is 23.6 Å². The van der Waals surface area contributed by atoms with Gasteiger partial charge in [-0.25, -0.2) is 0 Å². The fourth-order valence-corrected chi connectivity index (χ4v) is 4.15. The smallest absolute Gasteiger partial charge is 0.142 e. The van der Waals surface area contributed by atoms with Crippen molar-refractivity contribution < 1.29 is 4.74 Å². The summed E-state index contributed by atoms with van der Waals surface area (Å²) in [6, 6.07) is 15.1. The molecule has 0 aliphatic carbocycles. The highest BCUT2D eigenvalue weighted by atomic mass is 32.2. The van der Waals surface area contributed by atoms with Crippen LogP contribution in [0.5, 0.6) is 5.75 Å². The van der Waals surface area contributed by atoms with Crippen LogP contribution >= 0.6 is 11.8 Å². The number of para-hydroxylation sites is 2. The lowest BCUT2D eigenvalue weighted by atomic mass is 10.0. The highest BCUT2D eigenvalue weighted by Crippen LogP contribution is 2.29. The second kappa shape index (κ2) is 9.83. The second-order valence-electron chi connectivity index (χ2n) is 6.66. The normalized spacial score (nSPS) is 16.5. The summed E-state index contributed by atoms with van der Waals surface area (Å²) in [7, 11) is 1.75. The van der Waals surface area contributed by atoms with Crippen LogP contribution in [-0.2, 0) is 6.42 Å². The Kier molecular flexibility index (Phi) is 7.21. The molecule has 1 aromatic heterocycles. The summed E-state index contributed by atoms with van der Waals surface area (Å²) < 4.78 is 5.54. The highest BCUT2D eigenvalue weighted by Gasteiger charge is 2.25. The molecule has 0 saturated carbocycles. The zero-order valence-corrected chi connectivity index (χ0v) is 16.6. The molecule has 0 N–H and O–H groups in total. The molecule has 1 fully saturated rings. The molecule has 4 nitrogen and oxygen atoms in total. The largest absolute Gasteiger partial charge is 0.495 e. The van der Waals surface area contributed by atoms with E-state index in [0.717, 1.165) is 38.3 Å². The van der Waals surface area contributed by atoms with Gasteiger partial charge in [-0.15, -0.1) is 0 Å². The van der Waals surface area contributed by atoms with Crippen molar-refractivity contribution in [3.05, 3.63) is 54.4 Å². The van der Waals surface area contributed by atoms with E-state index in [9.17, 15) is 0 Å². The summed E-state index contributed by atoms with van der Waals surface area (Å²) in [5.41, 5.74) is 2.41. The Morgan fingerprint density at radius 1 is 1.08 bits per heavy atom. The number of anilines is 1. The molecule has 3 rings (SSSR count). The van der Waals surface area contributed by atoms with Gasteiger partial charge in [0.25, 0.3) is 0 Å². The Balaban J connectivity index is 1.63. The van der Waals surface area contributed by atoms with Crippen molar-refractivity contribution in [3.8, 4) is 5.75 Å². The number of aromatic nitrogens is 1. The van der Waals surface area contributed by atoms with Crippen LogP contribution in [0.3, 0.4) is 0 Å². The number of hydrogen-bond donors (Lipinski definition) is 0. The summed E-state index contributed by atoms with van der Waals surface area (Å²) in [4.78, 5) is 9.64. The van der Waals surface area contributed by atoms with Crippen LogP contribution in [-0.4, -0.2) is 61.2 Å². The van der Waals surface area contributed by atoms with Gasteiger partial charge >= 0.3 is 0 Å². The molecular formula is C21H29N3OS. The topological polar surface area (TPSA) is 28.6 Å². The lowest BCUT2D eigenvalue weighted by molar-refractivity contribution is 0.178. The van der Waals surface area contributed by atoms with Gasteiger partial charge in [-0.1, -0.05) is 18.2 Å². The van der Waals surface area contributed by atoms with Gasteiger partial charge in [0, 0.05) is 50.5 Å². The Labute approximate surface area is 161 Å². The molecule has 5 heteroatoms. The van der Waals surface area contributed by atoms with Crippen molar-refractivity contribution in [3.63, 3.8) is 0 Å². The van der Waals surface area contributed by atoms with Crippen molar-refractivity contribution in [2.75, 3.05) is 50.2 Å². The maximum Gasteiger partial charge on any atom is 0.142 e. The first-order valence-electron chi connectivity index (χ1n) is 9.32. The van der Waals surface area contributed by atoms with E-state index in [4.69, 9.17) is 4.74 Å². The van der Waals surface area contributed by atoms with Gasteiger partial charge in [-0.05, 0) is 42.7 Å². The van der Waals surface area contributed by atoms with Gasteiger partial charge in [0.2, 0.25) is 0 Å². The Hall–Kier alpha value is -1.72. The molecule has 0 amide bonds. The molecule has 1 atom stereocenters. The Morgan fingerprint density at radius 3 is 2.54 bits per heavy atom. The predicted molar refractivity (Wildman–Crippen MR) is 112 cm³/mol. The number of piperazine rings is 1. The van der Waals surface area contributed by atoms with Crippen LogP contribution in [0.2, 0.25) is 0 Å². The highest BCUT2D eigenvalue weighted by molar-refractivity contribution is 7.98. The zero-order chi connectivity index (χ0) is 18.2. The third-order valence-electron chi connectivity index (χ3n) is 5.08. The van der Waals surface area contributed by atoms with Gasteiger partial charge in [0.05, 0.1) is 12.8 Å². The van der Waals surface area contributed by atoms with Crippen LogP contribution in [0.15, 0.2) is 48.7 Å². The van der Waals surface area contributed by atoms with E-state index in [2.05, 4.69) is 45.3 Å². The van der Waals surface area contributed by atoms with Crippen LogP contribution in [0.4, 0.5) is 5.69 Å². The first-order valence-corrected chi connectivity index (χ1v) is 10.7. The quantitative estimate of drug-likeness (QED) is 0.707. The molecule has 1 saturated heterocycles. The fraction of sp³-hybridized carbons (Fsp3) is 0.476. The molecule has 0 bridgehead atoms. The maximum atomic E-state index is 5.54. The van der Waals surface area contributed by atoms with Gasteiger partial charge in [-0.2, -0.15) is 11.8 Å². The molecule has 2 heterocycles. The third kappa shape index (κ3) is 4.92. The monoisotopic (exact) mass is 371 g/mol. The van der Waals surface area contributed by atoms with Crippen molar-refractivity contribution >= 4 is 17.4 Å². The van der Waals surface area contributed by atoms with Crippen LogP contribution in [0.1, 0.15) is 12.1 Å². The number of nitrogens with zero attached hydrogens (tertiary/aromatic N) is 3. The molecule has 140 valence electrons. The minimum Gasteiger partial charge on any atom is -0.495 e. The molecule has 1 aliphatic rings. The number of thioether (sulfide) groups is 1.